The van der Waals surface area contributed by atoms with Gasteiger partial charge in [-0.05, 0) is 56.6 Å². The minimum atomic E-state index is -3.54. The van der Waals surface area contributed by atoms with Gasteiger partial charge in [0.25, 0.3) is 0 Å². The molecule has 3 rings (SSSR count). The Labute approximate surface area is 173 Å². The predicted molar refractivity (Wildman–Crippen MR) is 116 cm³/mol. The van der Waals surface area contributed by atoms with E-state index in [0.717, 1.165) is 39.1 Å². The summed E-state index contributed by atoms with van der Waals surface area (Å²) in [4.78, 5) is 16.3. The molecule has 1 aliphatic rings. The molecular weight excluding hydrogens is 386 g/mol. The number of sulfonamides is 1. The summed E-state index contributed by atoms with van der Waals surface area (Å²) in [6, 6.07) is 14.6. The van der Waals surface area contributed by atoms with Crippen LogP contribution in [0.1, 0.15) is 29.3 Å². The van der Waals surface area contributed by atoms with Gasteiger partial charge in [-0.1, -0.05) is 24.3 Å². The molecule has 1 aliphatic heterocycles. The molecule has 1 saturated heterocycles. The van der Waals surface area contributed by atoms with Gasteiger partial charge in [-0.25, -0.2) is 13.1 Å². The summed E-state index contributed by atoms with van der Waals surface area (Å²) in [6.07, 6.45) is 0.759. The van der Waals surface area contributed by atoms with Crippen molar-refractivity contribution in [2.24, 2.45) is 0 Å². The molecule has 2 aromatic rings. The van der Waals surface area contributed by atoms with Gasteiger partial charge < -0.3 is 4.90 Å². The van der Waals surface area contributed by atoms with Crippen molar-refractivity contribution in [3.8, 4) is 0 Å². The van der Waals surface area contributed by atoms with E-state index in [4.69, 9.17) is 0 Å². The minimum Gasteiger partial charge on any atom is -0.369 e. The van der Waals surface area contributed by atoms with Crippen molar-refractivity contribution in [3.05, 3.63) is 59.7 Å². The highest BCUT2D eigenvalue weighted by Gasteiger charge is 2.18. The second-order valence-electron chi connectivity index (χ2n) is 7.50. The molecule has 0 saturated carbocycles. The molecule has 0 radical (unpaired) electrons. The summed E-state index contributed by atoms with van der Waals surface area (Å²) in [5.41, 5.74) is 3.05. The Morgan fingerprint density at radius 1 is 1.03 bits per heavy atom. The standard InChI is InChI=1S/C22H29N3O3S/c1-18-5-3-6-21(17-18)25-15-13-24(14-16-25)12-4-11-23-29(27,28)22-9-7-20(8-10-22)19(2)26/h3,5-10,17,23H,4,11-16H2,1-2H3. The normalized spacial score (nSPS) is 15.4. The molecule has 156 valence electrons. The van der Waals surface area contributed by atoms with Gasteiger partial charge in [0, 0.05) is 44.0 Å². The molecule has 0 amide bonds. The average Bonchev–Trinajstić information content (AvgIpc) is 2.72. The molecule has 1 heterocycles. The third-order valence-corrected chi connectivity index (χ3v) is 6.73. The van der Waals surface area contributed by atoms with E-state index < -0.39 is 10.0 Å². The quantitative estimate of drug-likeness (QED) is 0.530. The zero-order chi connectivity index (χ0) is 20.9. The second kappa shape index (κ2) is 9.52. The van der Waals surface area contributed by atoms with Crippen molar-refractivity contribution in [1.29, 1.82) is 0 Å². The van der Waals surface area contributed by atoms with Gasteiger partial charge in [0.05, 0.1) is 4.90 Å². The van der Waals surface area contributed by atoms with Crippen LogP contribution in [-0.4, -0.2) is 58.4 Å². The van der Waals surface area contributed by atoms with Crippen molar-refractivity contribution in [1.82, 2.24) is 9.62 Å². The predicted octanol–water partition coefficient (Wildman–Crippen LogP) is 2.69. The van der Waals surface area contributed by atoms with Crippen LogP contribution in [0.2, 0.25) is 0 Å². The molecule has 0 unspecified atom stereocenters. The van der Waals surface area contributed by atoms with Gasteiger partial charge in [0.15, 0.2) is 5.78 Å². The van der Waals surface area contributed by atoms with Crippen molar-refractivity contribution in [3.63, 3.8) is 0 Å². The fourth-order valence-electron chi connectivity index (χ4n) is 3.52. The van der Waals surface area contributed by atoms with Crippen LogP contribution < -0.4 is 9.62 Å². The lowest BCUT2D eigenvalue weighted by Gasteiger charge is -2.36. The highest BCUT2D eigenvalue weighted by Crippen LogP contribution is 2.18. The zero-order valence-corrected chi connectivity index (χ0v) is 17.9. The number of piperazine rings is 1. The first kappa shape index (κ1) is 21.5. The topological polar surface area (TPSA) is 69.7 Å². The van der Waals surface area contributed by atoms with Crippen molar-refractivity contribution in [2.75, 3.05) is 44.2 Å². The number of hydrogen-bond donors (Lipinski definition) is 1. The third kappa shape index (κ3) is 5.88. The first-order valence-corrected chi connectivity index (χ1v) is 11.5. The van der Waals surface area contributed by atoms with Gasteiger partial charge in [-0.3, -0.25) is 9.69 Å². The molecule has 1 fully saturated rings. The van der Waals surface area contributed by atoms with Crippen LogP contribution in [0.15, 0.2) is 53.4 Å². The van der Waals surface area contributed by atoms with Gasteiger partial charge in [-0.2, -0.15) is 0 Å². The number of carbonyl (C=O) groups is 1. The van der Waals surface area contributed by atoms with Crippen molar-refractivity contribution in [2.45, 2.75) is 25.2 Å². The van der Waals surface area contributed by atoms with Gasteiger partial charge >= 0.3 is 0 Å². The van der Waals surface area contributed by atoms with Crippen molar-refractivity contribution >= 4 is 21.5 Å². The number of anilines is 1. The van der Waals surface area contributed by atoms with E-state index in [1.54, 1.807) is 12.1 Å². The van der Waals surface area contributed by atoms with E-state index in [0.29, 0.717) is 12.1 Å². The van der Waals surface area contributed by atoms with E-state index >= 15 is 0 Å². The maximum Gasteiger partial charge on any atom is 0.240 e. The molecule has 0 aliphatic carbocycles. The number of ketones is 1. The lowest BCUT2D eigenvalue weighted by Crippen LogP contribution is -2.47. The average molecular weight is 416 g/mol. The minimum absolute atomic E-state index is 0.0793. The first-order chi connectivity index (χ1) is 13.8. The van der Waals surface area contributed by atoms with Gasteiger partial charge in [-0.15, -0.1) is 0 Å². The Kier molecular flexibility index (Phi) is 7.05. The Morgan fingerprint density at radius 3 is 2.34 bits per heavy atom. The summed E-state index contributed by atoms with van der Waals surface area (Å²) in [5.74, 6) is -0.0793. The number of nitrogens with one attached hydrogen (secondary N) is 1. The molecular formula is C22H29N3O3S. The largest absolute Gasteiger partial charge is 0.369 e. The number of rotatable bonds is 8. The molecule has 6 nitrogen and oxygen atoms in total. The lowest BCUT2D eigenvalue weighted by molar-refractivity contribution is 0.101. The van der Waals surface area contributed by atoms with Crippen LogP contribution in [-0.2, 0) is 10.0 Å². The van der Waals surface area contributed by atoms with Crippen LogP contribution in [0.5, 0.6) is 0 Å². The number of Topliss-reactive ketones (excluding diaryl/α,β-unsaturated/α-hetero) is 1. The summed E-state index contributed by atoms with van der Waals surface area (Å²) in [7, 11) is -3.54. The smallest absolute Gasteiger partial charge is 0.240 e. The summed E-state index contributed by atoms with van der Waals surface area (Å²) < 4.78 is 27.4. The fourth-order valence-corrected chi connectivity index (χ4v) is 4.59. The molecule has 29 heavy (non-hydrogen) atoms. The molecule has 7 heteroatoms. The molecule has 0 aromatic heterocycles. The monoisotopic (exact) mass is 415 g/mol. The van der Waals surface area contributed by atoms with E-state index in [1.165, 1.54) is 30.3 Å². The highest BCUT2D eigenvalue weighted by atomic mass is 32.2. The third-order valence-electron chi connectivity index (χ3n) is 5.25. The van der Waals surface area contributed by atoms with Crippen LogP contribution >= 0.6 is 0 Å². The lowest BCUT2D eigenvalue weighted by atomic mass is 10.2. The Balaban J connectivity index is 1.41. The summed E-state index contributed by atoms with van der Waals surface area (Å²) >= 11 is 0. The number of carbonyl (C=O) groups excluding carboxylic acids is 1. The Bertz CT molecular complexity index is 934. The van der Waals surface area contributed by atoms with Crippen molar-refractivity contribution < 1.29 is 13.2 Å². The Morgan fingerprint density at radius 2 is 1.72 bits per heavy atom. The molecule has 0 bridgehead atoms. The number of benzene rings is 2. The van der Waals surface area contributed by atoms with E-state index in [-0.39, 0.29) is 10.7 Å². The zero-order valence-electron chi connectivity index (χ0n) is 17.1. The van der Waals surface area contributed by atoms with E-state index in [9.17, 15) is 13.2 Å². The van der Waals surface area contributed by atoms with E-state index in [2.05, 4.69) is 45.7 Å². The number of aryl methyl sites for hydroxylation is 1. The number of hydrogen-bond acceptors (Lipinski definition) is 5. The summed E-state index contributed by atoms with van der Waals surface area (Å²) in [5, 5.41) is 0. The van der Waals surface area contributed by atoms with E-state index in [1.807, 2.05) is 0 Å². The SMILES string of the molecule is CC(=O)c1ccc(S(=O)(=O)NCCCN2CCN(c3cccc(C)c3)CC2)cc1. The van der Waals surface area contributed by atoms with Crippen LogP contribution in [0.25, 0.3) is 0 Å². The van der Waals surface area contributed by atoms with Crippen LogP contribution in [0, 0.1) is 6.92 Å². The van der Waals surface area contributed by atoms with Crippen LogP contribution in [0.3, 0.4) is 0 Å². The first-order valence-electron chi connectivity index (χ1n) is 10.00. The van der Waals surface area contributed by atoms with Gasteiger partial charge in [0.2, 0.25) is 10.0 Å². The Hall–Kier alpha value is -2.22. The molecule has 1 N–H and O–H groups in total. The maximum atomic E-state index is 12.4. The number of nitrogens with zero attached hydrogens (tertiary/aromatic N) is 2. The maximum absolute atomic E-state index is 12.4. The molecule has 2 aromatic carbocycles. The molecule has 0 atom stereocenters. The van der Waals surface area contributed by atoms with Crippen LogP contribution in [0.4, 0.5) is 5.69 Å². The fraction of sp³-hybridized carbons (Fsp3) is 0.409. The molecule has 0 spiro atoms. The van der Waals surface area contributed by atoms with Gasteiger partial charge in [0.1, 0.15) is 0 Å². The highest BCUT2D eigenvalue weighted by molar-refractivity contribution is 7.89. The summed E-state index contributed by atoms with van der Waals surface area (Å²) in [6.45, 7) is 8.76. The second-order valence-corrected chi connectivity index (χ2v) is 9.27.